The third-order valence-corrected chi connectivity index (χ3v) is 5.70. The summed E-state index contributed by atoms with van der Waals surface area (Å²) in [6.07, 6.45) is 5.15. The second kappa shape index (κ2) is 11.8. The average Bonchev–Trinajstić information content (AvgIpc) is 3.24. The van der Waals surface area contributed by atoms with Crippen LogP contribution in [0.25, 0.3) is 0 Å². The summed E-state index contributed by atoms with van der Waals surface area (Å²) in [6, 6.07) is 6.29. The number of hydrogen-bond donors (Lipinski definition) is 2. The minimum Gasteiger partial charge on any atom is -0.460 e. The number of carbonyl (C=O) groups excluding carboxylic acids is 3. The number of hydrogen-bond acceptors (Lipinski definition) is 6. The van der Waals surface area contributed by atoms with Crippen LogP contribution in [0.15, 0.2) is 24.3 Å². The Kier molecular flexibility index (Phi) is 9.68. The fourth-order valence-corrected chi connectivity index (χ4v) is 4.22. The normalized spacial score (nSPS) is 16.6. The van der Waals surface area contributed by atoms with Crippen LogP contribution < -0.4 is 11.1 Å². The van der Waals surface area contributed by atoms with Crippen LogP contribution in [0.3, 0.4) is 0 Å². The first-order valence-corrected chi connectivity index (χ1v) is 12.3. The summed E-state index contributed by atoms with van der Waals surface area (Å²) in [4.78, 5) is 37.9. The molecular weight excluding hydrogens is 432 g/mol. The van der Waals surface area contributed by atoms with Gasteiger partial charge < -0.3 is 20.5 Å². The van der Waals surface area contributed by atoms with Gasteiger partial charge in [-0.25, -0.2) is 4.79 Å². The molecule has 0 saturated heterocycles. The maximum atomic E-state index is 13.0. The van der Waals surface area contributed by atoms with Crippen molar-refractivity contribution in [3.8, 4) is 0 Å². The van der Waals surface area contributed by atoms with Crippen molar-refractivity contribution >= 4 is 17.8 Å². The number of rotatable bonds is 9. The van der Waals surface area contributed by atoms with Gasteiger partial charge in [0.25, 0.3) is 0 Å². The highest BCUT2D eigenvalue weighted by Crippen LogP contribution is 2.36. The van der Waals surface area contributed by atoms with Crippen molar-refractivity contribution in [2.45, 2.75) is 116 Å². The van der Waals surface area contributed by atoms with Crippen molar-refractivity contribution < 1.29 is 23.9 Å². The van der Waals surface area contributed by atoms with Gasteiger partial charge in [0.15, 0.2) is 0 Å². The molecule has 1 aliphatic carbocycles. The van der Waals surface area contributed by atoms with E-state index in [0.717, 1.165) is 18.4 Å². The number of nitrogens with one attached hydrogen (secondary N) is 1. The van der Waals surface area contributed by atoms with Crippen LogP contribution in [0.4, 0.5) is 0 Å². The van der Waals surface area contributed by atoms with E-state index in [-0.39, 0.29) is 12.8 Å². The van der Waals surface area contributed by atoms with Crippen LogP contribution in [0, 0.1) is 0 Å². The van der Waals surface area contributed by atoms with Crippen LogP contribution in [-0.2, 0) is 30.3 Å². The van der Waals surface area contributed by atoms with Gasteiger partial charge in [-0.15, -0.1) is 0 Å². The van der Waals surface area contributed by atoms with Gasteiger partial charge in [-0.2, -0.15) is 0 Å². The van der Waals surface area contributed by atoms with Crippen LogP contribution >= 0.6 is 0 Å². The Hall–Kier alpha value is -2.41. The Morgan fingerprint density at radius 2 is 1.59 bits per heavy atom. The molecular formula is C27H42N2O5. The molecule has 1 amide bonds. The zero-order valence-corrected chi connectivity index (χ0v) is 21.6. The van der Waals surface area contributed by atoms with Crippen molar-refractivity contribution in [1.82, 2.24) is 5.32 Å². The topological polar surface area (TPSA) is 108 Å². The molecule has 1 aromatic rings. The molecule has 0 bridgehead atoms. The molecule has 7 heteroatoms. The van der Waals surface area contributed by atoms with Gasteiger partial charge in [0.2, 0.25) is 5.91 Å². The molecule has 3 N–H and O–H groups in total. The average molecular weight is 475 g/mol. The maximum absolute atomic E-state index is 13.0. The Balaban J connectivity index is 2.11. The van der Waals surface area contributed by atoms with Crippen molar-refractivity contribution in [1.29, 1.82) is 0 Å². The van der Waals surface area contributed by atoms with Crippen molar-refractivity contribution in [3.63, 3.8) is 0 Å². The minimum absolute atomic E-state index is 0.0213. The second-order valence-corrected chi connectivity index (χ2v) is 11.2. The molecule has 2 atom stereocenters. The van der Waals surface area contributed by atoms with E-state index in [1.54, 1.807) is 41.5 Å². The Bertz CT molecular complexity index is 847. The fraction of sp³-hybridized carbons (Fsp3) is 0.667. The van der Waals surface area contributed by atoms with E-state index in [0.29, 0.717) is 12.3 Å². The van der Waals surface area contributed by atoms with Gasteiger partial charge in [-0.3, -0.25) is 9.59 Å². The highest BCUT2D eigenvalue weighted by molar-refractivity contribution is 5.88. The van der Waals surface area contributed by atoms with Gasteiger partial charge in [-0.05, 0) is 77.8 Å². The third kappa shape index (κ3) is 9.45. The fourth-order valence-electron chi connectivity index (χ4n) is 4.22. The van der Waals surface area contributed by atoms with E-state index in [2.05, 4.69) is 11.4 Å². The van der Waals surface area contributed by atoms with Gasteiger partial charge in [0, 0.05) is 12.8 Å². The number of amides is 1. The maximum Gasteiger partial charge on any atom is 0.329 e. The smallest absolute Gasteiger partial charge is 0.329 e. The molecule has 34 heavy (non-hydrogen) atoms. The lowest BCUT2D eigenvalue weighted by atomic mass is 9.90. The number of carbonyl (C=O) groups is 3. The summed E-state index contributed by atoms with van der Waals surface area (Å²) in [5.41, 5.74) is 7.03. The molecule has 0 radical (unpaired) electrons. The molecule has 0 aliphatic heterocycles. The summed E-state index contributed by atoms with van der Waals surface area (Å²) in [5.74, 6) is -0.925. The van der Waals surface area contributed by atoms with E-state index < -0.39 is 41.1 Å². The quantitative estimate of drug-likeness (QED) is 0.520. The largest absolute Gasteiger partial charge is 0.460 e. The SMILES string of the molecule is CC(C)(C)OC(=O)CC[C@H](N)C(=O)N[C@@H](Cc1ccccc1C1CCCC1)C(=O)OC(C)(C)C. The van der Waals surface area contributed by atoms with Crippen molar-refractivity contribution in [2.24, 2.45) is 5.73 Å². The zero-order chi connectivity index (χ0) is 25.5. The van der Waals surface area contributed by atoms with Crippen LogP contribution in [0.5, 0.6) is 0 Å². The van der Waals surface area contributed by atoms with Gasteiger partial charge in [0.05, 0.1) is 6.04 Å². The lowest BCUT2D eigenvalue weighted by molar-refractivity contribution is -0.159. The van der Waals surface area contributed by atoms with E-state index in [1.165, 1.54) is 18.4 Å². The summed E-state index contributed by atoms with van der Waals surface area (Å²) in [7, 11) is 0. The summed E-state index contributed by atoms with van der Waals surface area (Å²) in [6.45, 7) is 10.7. The lowest BCUT2D eigenvalue weighted by Crippen LogP contribution is -2.51. The van der Waals surface area contributed by atoms with Gasteiger partial charge >= 0.3 is 11.9 Å². The molecule has 0 aromatic heterocycles. The molecule has 190 valence electrons. The lowest BCUT2D eigenvalue weighted by Gasteiger charge is -2.26. The van der Waals surface area contributed by atoms with Crippen molar-refractivity contribution in [3.05, 3.63) is 35.4 Å². The summed E-state index contributed by atoms with van der Waals surface area (Å²) >= 11 is 0. The Labute approximate surface area is 204 Å². The monoisotopic (exact) mass is 474 g/mol. The van der Waals surface area contributed by atoms with Crippen molar-refractivity contribution in [2.75, 3.05) is 0 Å². The Morgan fingerprint density at radius 3 is 2.18 bits per heavy atom. The van der Waals surface area contributed by atoms with Gasteiger partial charge in [-0.1, -0.05) is 37.1 Å². The predicted octanol–water partition coefficient (Wildman–Crippen LogP) is 4.16. The molecule has 0 heterocycles. The molecule has 1 aromatic carbocycles. The highest BCUT2D eigenvalue weighted by Gasteiger charge is 2.30. The number of nitrogens with two attached hydrogens (primary N) is 1. The summed E-state index contributed by atoms with van der Waals surface area (Å²) in [5, 5.41) is 2.79. The summed E-state index contributed by atoms with van der Waals surface area (Å²) < 4.78 is 10.9. The molecule has 1 fully saturated rings. The van der Waals surface area contributed by atoms with Crippen LogP contribution in [-0.4, -0.2) is 41.1 Å². The van der Waals surface area contributed by atoms with Gasteiger partial charge in [0.1, 0.15) is 17.2 Å². The minimum atomic E-state index is -0.942. The van der Waals surface area contributed by atoms with E-state index in [9.17, 15) is 14.4 Å². The highest BCUT2D eigenvalue weighted by atomic mass is 16.6. The molecule has 1 saturated carbocycles. The molecule has 7 nitrogen and oxygen atoms in total. The van der Waals surface area contributed by atoms with E-state index in [4.69, 9.17) is 15.2 Å². The van der Waals surface area contributed by atoms with E-state index in [1.807, 2.05) is 18.2 Å². The number of benzene rings is 1. The first-order chi connectivity index (χ1) is 15.7. The zero-order valence-electron chi connectivity index (χ0n) is 21.6. The second-order valence-electron chi connectivity index (χ2n) is 11.2. The molecule has 2 rings (SSSR count). The molecule has 1 aliphatic rings. The Morgan fingerprint density at radius 1 is 1.00 bits per heavy atom. The first kappa shape index (κ1) is 27.8. The van der Waals surface area contributed by atoms with Crippen LogP contribution in [0.1, 0.15) is 97.1 Å². The molecule has 0 spiro atoms. The predicted molar refractivity (Wildman–Crippen MR) is 132 cm³/mol. The first-order valence-electron chi connectivity index (χ1n) is 12.3. The standard InChI is InChI=1S/C27H42N2O5/c1-26(2,3)33-23(30)16-15-21(28)24(31)29-22(25(32)34-27(4,5)6)17-19-13-9-10-14-20(19)18-11-7-8-12-18/h9-10,13-14,18,21-22H,7-8,11-12,15-17,28H2,1-6H3,(H,29,31)/t21-,22-/m0/s1. The molecule has 0 unspecified atom stereocenters. The van der Waals surface area contributed by atoms with E-state index >= 15 is 0 Å². The number of esters is 2. The van der Waals surface area contributed by atoms with Crippen LogP contribution in [0.2, 0.25) is 0 Å². The number of ether oxygens (including phenoxy) is 2. The third-order valence-electron chi connectivity index (χ3n) is 5.70.